The van der Waals surface area contributed by atoms with Crippen molar-refractivity contribution in [1.29, 1.82) is 0 Å². The third-order valence-electron chi connectivity index (χ3n) is 3.16. The van der Waals surface area contributed by atoms with Gasteiger partial charge in [-0.15, -0.1) is 0 Å². The summed E-state index contributed by atoms with van der Waals surface area (Å²) in [6, 6.07) is 0. The number of amides is 1. The van der Waals surface area contributed by atoms with Gasteiger partial charge in [0, 0.05) is 20.1 Å². The lowest BCUT2D eigenvalue weighted by Gasteiger charge is -2.17. The smallest absolute Gasteiger partial charge is 0.240 e. The molecule has 0 bridgehead atoms. The van der Waals surface area contributed by atoms with Gasteiger partial charge in [0.15, 0.2) is 5.82 Å². The van der Waals surface area contributed by atoms with Crippen LogP contribution in [0.1, 0.15) is 32.0 Å². The molecule has 7 nitrogen and oxygen atoms in total. The van der Waals surface area contributed by atoms with Crippen LogP contribution in [0.15, 0.2) is 4.52 Å². The van der Waals surface area contributed by atoms with E-state index in [1.165, 1.54) is 0 Å². The lowest BCUT2D eigenvalue weighted by Crippen LogP contribution is -2.34. The van der Waals surface area contributed by atoms with Gasteiger partial charge in [0.1, 0.15) is 0 Å². The summed E-state index contributed by atoms with van der Waals surface area (Å²) in [4.78, 5) is 19.8. The Morgan fingerprint density at radius 3 is 2.79 bits per heavy atom. The average molecular weight is 267 g/mol. The van der Waals surface area contributed by atoms with Gasteiger partial charge in [-0.25, -0.2) is 0 Å². The Bertz CT molecular complexity index is 451. The molecular formula is C12H21N5O2. The molecule has 2 rings (SSSR count). The molecule has 1 aliphatic heterocycles. The van der Waals surface area contributed by atoms with Crippen molar-refractivity contribution in [2.45, 2.75) is 32.4 Å². The summed E-state index contributed by atoms with van der Waals surface area (Å²) in [6.07, 6.45) is 0.950. The van der Waals surface area contributed by atoms with E-state index in [0.717, 1.165) is 19.5 Å². The van der Waals surface area contributed by atoms with Crippen LogP contribution in [0.25, 0.3) is 0 Å². The largest absolute Gasteiger partial charge is 0.345 e. The second-order valence-electron chi connectivity index (χ2n) is 5.61. The maximum atomic E-state index is 11.8. The number of rotatable bonds is 3. The minimum atomic E-state index is -0.615. The highest BCUT2D eigenvalue weighted by Crippen LogP contribution is 2.14. The first-order chi connectivity index (χ1) is 8.86. The SMILES string of the molecule is CN1CCCN(Cc2nc(C(C)(C)N)no2)CC1=O. The fourth-order valence-corrected chi connectivity index (χ4v) is 1.95. The van der Waals surface area contributed by atoms with Gasteiger partial charge in [-0.05, 0) is 20.3 Å². The lowest BCUT2D eigenvalue weighted by molar-refractivity contribution is -0.130. The Hall–Kier alpha value is -1.47. The van der Waals surface area contributed by atoms with Gasteiger partial charge in [-0.1, -0.05) is 5.16 Å². The van der Waals surface area contributed by atoms with E-state index < -0.39 is 5.54 Å². The molecule has 0 aromatic carbocycles. The van der Waals surface area contributed by atoms with Crippen molar-refractivity contribution in [2.24, 2.45) is 5.73 Å². The van der Waals surface area contributed by atoms with E-state index in [4.69, 9.17) is 10.3 Å². The van der Waals surface area contributed by atoms with E-state index in [2.05, 4.69) is 10.1 Å². The average Bonchev–Trinajstić information content (AvgIpc) is 2.70. The van der Waals surface area contributed by atoms with Crippen LogP contribution in [-0.4, -0.2) is 52.5 Å². The second-order valence-corrected chi connectivity index (χ2v) is 5.61. The van der Waals surface area contributed by atoms with Gasteiger partial charge in [0.05, 0.1) is 18.6 Å². The Morgan fingerprint density at radius 2 is 2.16 bits per heavy atom. The zero-order valence-electron chi connectivity index (χ0n) is 11.7. The first kappa shape index (κ1) is 14.0. The van der Waals surface area contributed by atoms with Crippen LogP contribution in [0, 0.1) is 0 Å². The first-order valence-corrected chi connectivity index (χ1v) is 6.44. The van der Waals surface area contributed by atoms with Gasteiger partial charge in [-0.2, -0.15) is 4.98 Å². The molecule has 0 radical (unpaired) electrons. The van der Waals surface area contributed by atoms with Gasteiger partial charge in [0.25, 0.3) is 0 Å². The summed E-state index contributed by atoms with van der Waals surface area (Å²) in [5.74, 6) is 1.11. The summed E-state index contributed by atoms with van der Waals surface area (Å²) < 4.78 is 5.19. The van der Waals surface area contributed by atoms with Crippen molar-refractivity contribution >= 4 is 5.91 Å². The van der Waals surface area contributed by atoms with E-state index in [1.807, 2.05) is 25.8 Å². The van der Waals surface area contributed by atoms with Crippen LogP contribution in [-0.2, 0) is 16.9 Å². The van der Waals surface area contributed by atoms with Gasteiger partial charge >= 0.3 is 0 Å². The van der Waals surface area contributed by atoms with E-state index in [-0.39, 0.29) is 5.91 Å². The van der Waals surface area contributed by atoms with Gasteiger partial charge < -0.3 is 15.2 Å². The summed E-state index contributed by atoms with van der Waals surface area (Å²) in [5, 5.41) is 3.88. The quantitative estimate of drug-likeness (QED) is 0.824. The number of aromatic nitrogens is 2. The van der Waals surface area contributed by atoms with Crippen molar-refractivity contribution in [3.8, 4) is 0 Å². The molecule has 0 saturated carbocycles. The highest BCUT2D eigenvalue weighted by molar-refractivity contribution is 5.78. The Morgan fingerprint density at radius 1 is 1.42 bits per heavy atom. The second kappa shape index (κ2) is 5.26. The number of hydrogen-bond acceptors (Lipinski definition) is 6. The van der Waals surface area contributed by atoms with E-state index in [9.17, 15) is 4.79 Å². The number of carbonyl (C=O) groups is 1. The summed E-state index contributed by atoms with van der Waals surface area (Å²) in [6.45, 7) is 6.17. The first-order valence-electron chi connectivity index (χ1n) is 6.44. The van der Waals surface area contributed by atoms with Crippen LogP contribution in [0.4, 0.5) is 0 Å². The van der Waals surface area contributed by atoms with Crippen molar-refractivity contribution in [3.63, 3.8) is 0 Å². The van der Waals surface area contributed by atoms with Gasteiger partial charge in [-0.3, -0.25) is 9.69 Å². The molecule has 1 saturated heterocycles. The van der Waals surface area contributed by atoms with Crippen molar-refractivity contribution in [3.05, 3.63) is 11.7 Å². The predicted octanol–water partition coefficient (Wildman–Crippen LogP) is -0.0725. The minimum absolute atomic E-state index is 0.122. The fourth-order valence-electron chi connectivity index (χ4n) is 1.95. The number of likely N-dealkylation sites (N-methyl/N-ethyl adjacent to an activating group) is 1. The van der Waals surface area contributed by atoms with Crippen molar-refractivity contribution < 1.29 is 9.32 Å². The molecule has 0 atom stereocenters. The molecule has 0 aliphatic carbocycles. The summed E-state index contributed by atoms with van der Waals surface area (Å²) in [5.41, 5.74) is 5.29. The molecule has 1 amide bonds. The molecule has 7 heteroatoms. The molecule has 0 spiro atoms. The Balaban J connectivity index is 2.01. The highest BCUT2D eigenvalue weighted by Gasteiger charge is 2.24. The molecule has 1 aromatic heterocycles. The zero-order valence-corrected chi connectivity index (χ0v) is 11.7. The number of nitrogens with two attached hydrogens (primary N) is 1. The normalized spacial score (nSPS) is 18.7. The maximum Gasteiger partial charge on any atom is 0.240 e. The number of hydrogen-bond donors (Lipinski definition) is 1. The molecule has 1 aromatic rings. The van der Waals surface area contributed by atoms with E-state index in [1.54, 1.807) is 4.90 Å². The summed E-state index contributed by atoms with van der Waals surface area (Å²) >= 11 is 0. The summed E-state index contributed by atoms with van der Waals surface area (Å²) in [7, 11) is 1.83. The molecule has 1 aliphatic rings. The molecule has 19 heavy (non-hydrogen) atoms. The van der Waals surface area contributed by atoms with Crippen LogP contribution in [0.5, 0.6) is 0 Å². The monoisotopic (exact) mass is 267 g/mol. The van der Waals surface area contributed by atoms with E-state index >= 15 is 0 Å². The van der Waals surface area contributed by atoms with Crippen LogP contribution in [0.3, 0.4) is 0 Å². The molecule has 0 unspecified atom stereocenters. The Labute approximate surface area is 112 Å². The molecule has 2 heterocycles. The van der Waals surface area contributed by atoms with Crippen LogP contribution < -0.4 is 5.73 Å². The third-order valence-corrected chi connectivity index (χ3v) is 3.16. The van der Waals surface area contributed by atoms with Crippen LogP contribution in [0.2, 0.25) is 0 Å². The Kier molecular flexibility index (Phi) is 3.86. The topological polar surface area (TPSA) is 88.5 Å². The fraction of sp³-hybridized carbons (Fsp3) is 0.750. The highest BCUT2D eigenvalue weighted by atomic mass is 16.5. The molecular weight excluding hydrogens is 246 g/mol. The van der Waals surface area contributed by atoms with E-state index in [0.29, 0.717) is 24.8 Å². The molecule has 1 fully saturated rings. The maximum absolute atomic E-state index is 11.8. The predicted molar refractivity (Wildman–Crippen MR) is 69.0 cm³/mol. The number of carbonyl (C=O) groups excluding carboxylic acids is 1. The zero-order chi connectivity index (χ0) is 14.0. The van der Waals surface area contributed by atoms with Crippen molar-refractivity contribution in [1.82, 2.24) is 19.9 Å². The third kappa shape index (κ3) is 3.51. The molecule has 2 N–H and O–H groups in total. The molecule has 106 valence electrons. The lowest BCUT2D eigenvalue weighted by atomic mass is 10.1. The minimum Gasteiger partial charge on any atom is -0.345 e. The van der Waals surface area contributed by atoms with Crippen molar-refractivity contribution in [2.75, 3.05) is 26.7 Å². The number of nitrogens with zero attached hydrogens (tertiary/aromatic N) is 4. The van der Waals surface area contributed by atoms with Gasteiger partial charge in [0.2, 0.25) is 11.8 Å². The standard InChI is InChI=1S/C12H21N5O2/c1-12(2,13)11-14-9(19-15-11)7-17-6-4-5-16(3)10(18)8-17/h4-8,13H2,1-3H3. The van der Waals surface area contributed by atoms with Crippen LogP contribution >= 0.6 is 0 Å².